The Morgan fingerprint density at radius 1 is 1.30 bits per heavy atom. The minimum absolute atomic E-state index is 0. The quantitative estimate of drug-likeness (QED) is 0.760. The molecule has 1 aliphatic carbocycles. The van der Waals surface area contributed by atoms with Gasteiger partial charge in [0.05, 0.1) is 10.0 Å². The maximum absolute atomic E-state index is 11.3. The molecule has 112 valence electrons. The second-order valence-corrected chi connectivity index (χ2v) is 5.94. The maximum Gasteiger partial charge on any atom is 0.336 e. The molecule has 0 unspecified atom stereocenters. The molecule has 0 aliphatic heterocycles. The summed E-state index contributed by atoms with van der Waals surface area (Å²) in [6, 6.07) is 2.60. The van der Waals surface area contributed by atoms with Crippen LogP contribution in [0.2, 0.25) is 0 Å². The van der Waals surface area contributed by atoms with Gasteiger partial charge in [0.15, 0.2) is 0 Å². The molecule has 0 radical (unpaired) electrons. The number of carbonyl (C=O) groups is 1. The van der Waals surface area contributed by atoms with E-state index in [2.05, 4.69) is 15.9 Å². The number of hydrogen-bond donors (Lipinski definition) is 3. The van der Waals surface area contributed by atoms with Gasteiger partial charge in [-0.1, -0.05) is 19.3 Å². The van der Waals surface area contributed by atoms with Crippen LogP contribution >= 0.6 is 28.3 Å². The van der Waals surface area contributed by atoms with Gasteiger partial charge in [0.1, 0.15) is 5.75 Å². The van der Waals surface area contributed by atoms with Gasteiger partial charge >= 0.3 is 5.97 Å². The van der Waals surface area contributed by atoms with Crippen LogP contribution in [0.3, 0.4) is 0 Å². The number of phenols is 1. The summed E-state index contributed by atoms with van der Waals surface area (Å²) in [5.74, 6) is -0.853. The molecule has 4 nitrogen and oxygen atoms in total. The molecule has 1 atom stereocenters. The van der Waals surface area contributed by atoms with Crippen LogP contribution in [-0.4, -0.2) is 16.2 Å². The number of aromatic carboxylic acids is 1. The third-order valence-corrected chi connectivity index (χ3v) is 4.53. The predicted octanol–water partition coefficient (Wildman–Crippen LogP) is 3.85. The first-order valence-electron chi connectivity index (χ1n) is 6.52. The second-order valence-electron chi connectivity index (χ2n) is 5.09. The first-order chi connectivity index (χ1) is 9.02. The van der Waals surface area contributed by atoms with E-state index in [-0.39, 0.29) is 29.6 Å². The van der Waals surface area contributed by atoms with Crippen LogP contribution in [0.5, 0.6) is 5.75 Å². The fourth-order valence-corrected chi connectivity index (χ4v) is 3.18. The highest BCUT2D eigenvalue weighted by molar-refractivity contribution is 9.10. The van der Waals surface area contributed by atoms with Gasteiger partial charge in [-0.15, -0.1) is 12.4 Å². The van der Waals surface area contributed by atoms with Crippen molar-refractivity contribution in [3.05, 3.63) is 27.7 Å². The fraction of sp³-hybridized carbons (Fsp3) is 0.500. The standard InChI is InChI=1S/C14H18BrNO3.ClH/c15-10-7-6-9(14(18)19)11(13(10)17)12(16)8-4-2-1-3-5-8;/h6-8,12,17H,1-5,16H2,(H,18,19);1H/t12-;/m0./s1. The van der Waals surface area contributed by atoms with Gasteiger partial charge in [0.2, 0.25) is 0 Å². The third kappa shape index (κ3) is 3.45. The molecule has 6 heteroatoms. The molecule has 2 rings (SSSR count). The summed E-state index contributed by atoms with van der Waals surface area (Å²) in [4.78, 5) is 11.3. The Labute approximate surface area is 132 Å². The molecule has 4 N–H and O–H groups in total. The van der Waals surface area contributed by atoms with Gasteiger partial charge in [-0.25, -0.2) is 4.79 Å². The smallest absolute Gasteiger partial charge is 0.336 e. The van der Waals surface area contributed by atoms with Crippen molar-refractivity contribution in [2.24, 2.45) is 11.7 Å². The molecule has 0 heterocycles. The van der Waals surface area contributed by atoms with Crippen molar-refractivity contribution in [1.29, 1.82) is 0 Å². The number of phenolic OH excluding ortho intramolecular Hbond substituents is 1. The van der Waals surface area contributed by atoms with Gasteiger partial charge in [0.25, 0.3) is 0 Å². The number of benzene rings is 1. The first-order valence-corrected chi connectivity index (χ1v) is 7.32. The minimum atomic E-state index is -1.05. The van der Waals surface area contributed by atoms with Gasteiger partial charge < -0.3 is 15.9 Å². The summed E-state index contributed by atoms with van der Waals surface area (Å²) in [6.07, 6.45) is 5.43. The predicted molar refractivity (Wildman–Crippen MR) is 83.5 cm³/mol. The molecular formula is C14H19BrClNO3. The lowest BCUT2D eigenvalue weighted by molar-refractivity contribution is 0.0693. The van der Waals surface area contributed by atoms with Crippen LogP contribution in [0.4, 0.5) is 0 Å². The van der Waals surface area contributed by atoms with Crippen LogP contribution in [-0.2, 0) is 0 Å². The summed E-state index contributed by atoms with van der Waals surface area (Å²) in [7, 11) is 0. The number of carboxylic acid groups (broad SMARTS) is 1. The van der Waals surface area contributed by atoms with E-state index in [9.17, 15) is 15.0 Å². The first kappa shape index (κ1) is 17.3. The SMILES string of the molecule is Cl.N[C@H](c1c(C(=O)O)ccc(Br)c1O)C1CCCCC1. The van der Waals surface area contributed by atoms with E-state index in [1.807, 2.05) is 0 Å². The van der Waals surface area contributed by atoms with E-state index in [4.69, 9.17) is 5.73 Å². The Morgan fingerprint density at radius 2 is 1.90 bits per heavy atom. The van der Waals surface area contributed by atoms with Gasteiger partial charge in [-0.2, -0.15) is 0 Å². The molecule has 0 aromatic heterocycles. The molecule has 20 heavy (non-hydrogen) atoms. The lowest BCUT2D eigenvalue weighted by Crippen LogP contribution is -2.25. The summed E-state index contributed by atoms with van der Waals surface area (Å²) in [5, 5.41) is 19.4. The molecule has 0 saturated heterocycles. The molecule has 0 bridgehead atoms. The Morgan fingerprint density at radius 3 is 2.45 bits per heavy atom. The lowest BCUT2D eigenvalue weighted by atomic mass is 9.80. The van der Waals surface area contributed by atoms with Crippen LogP contribution < -0.4 is 5.73 Å². The van der Waals surface area contributed by atoms with Crippen molar-refractivity contribution in [1.82, 2.24) is 0 Å². The average molecular weight is 365 g/mol. The number of nitrogens with two attached hydrogens (primary N) is 1. The maximum atomic E-state index is 11.3. The number of hydrogen-bond acceptors (Lipinski definition) is 3. The Kier molecular flexibility index (Phi) is 6.30. The zero-order chi connectivity index (χ0) is 14.0. The molecule has 1 fully saturated rings. The normalized spacial score (nSPS) is 17.3. The monoisotopic (exact) mass is 363 g/mol. The Bertz CT molecular complexity index is 490. The summed E-state index contributed by atoms with van der Waals surface area (Å²) in [6.45, 7) is 0. The molecule has 1 aliphatic rings. The van der Waals surface area contributed by atoms with E-state index in [1.165, 1.54) is 18.6 Å². The Hall–Kier alpha value is -0.780. The van der Waals surface area contributed by atoms with Crippen LogP contribution in [0.25, 0.3) is 0 Å². The van der Waals surface area contributed by atoms with Crippen LogP contribution in [0.1, 0.15) is 54.1 Å². The molecule has 0 spiro atoms. The second kappa shape index (κ2) is 7.29. The fourth-order valence-electron chi connectivity index (χ4n) is 2.83. The molecule has 0 amide bonds. The largest absolute Gasteiger partial charge is 0.506 e. The highest BCUT2D eigenvalue weighted by Crippen LogP contribution is 2.40. The van der Waals surface area contributed by atoms with Crippen LogP contribution in [0, 0.1) is 5.92 Å². The Balaban J connectivity index is 0.00000200. The van der Waals surface area contributed by atoms with Crippen molar-refractivity contribution in [2.45, 2.75) is 38.1 Å². The highest BCUT2D eigenvalue weighted by atomic mass is 79.9. The van der Waals surface area contributed by atoms with E-state index in [0.29, 0.717) is 10.0 Å². The van der Waals surface area contributed by atoms with Crippen molar-refractivity contribution >= 4 is 34.3 Å². The van der Waals surface area contributed by atoms with Crippen LogP contribution in [0.15, 0.2) is 16.6 Å². The van der Waals surface area contributed by atoms with Gasteiger partial charge in [-0.3, -0.25) is 0 Å². The van der Waals surface area contributed by atoms with E-state index >= 15 is 0 Å². The minimum Gasteiger partial charge on any atom is -0.506 e. The summed E-state index contributed by atoms with van der Waals surface area (Å²) < 4.78 is 0.485. The van der Waals surface area contributed by atoms with Gasteiger partial charge in [-0.05, 0) is 46.8 Å². The zero-order valence-corrected chi connectivity index (χ0v) is 13.4. The van der Waals surface area contributed by atoms with Gasteiger partial charge in [0, 0.05) is 11.6 Å². The van der Waals surface area contributed by atoms with E-state index < -0.39 is 12.0 Å². The van der Waals surface area contributed by atoms with Crippen molar-refractivity contribution in [3.8, 4) is 5.75 Å². The number of carboxylic acids is 1. The highest BCUT2D eigenvalue weighted by Gasteiger charge is 2.28. The van der Waals surface area contributed by atoms with Crippen molar-refractivity contribution < 1.29 is 15.0 Å². The number of halogens is 2. The molecule has 1 aromatic rings. The number of aromatic hydroxyl groups is 1. The van der Waals surface area contributed by atoms with Crippen molar-refractivity contribution in [3.63, 3.8) is 0 Å². The third-order valence-electron chi connectivity index (χ3n) is 3.89. The summed E-state index contributed by atoms with van der Waals surface area (Å²) >= 11 is 3.22. The molecule has 1 saturated carbocycles. The molecule has 1 aromatic carbocycles. The molecular weight excluding hydrogens is 346 g/mol. The summed E-state index contributed by atoms with van der Waals surface area (Å²) in [5.41, 5.74) is 6.69. The van der Waals surface area contributed by atoms with E-state index in [1.54, 1.807) is 0 Å². The van der Waals surface area contributed by atoms with E-state index in [0.717, 1.165) is 25.7 Å². The van der Waals surface area contributed by atoms with Crippen molar-refractivity contribution in [2.75, 3.05) is 0 Å². The zero-order valence-electron chi connectivity index (χ0n) is 11.0. The number of rotatable bonds is 3. The average Bonchev–Trinajstić information content (AvgIpc) is 2.41. The topological polar surface area (TPSA) is 83.6 Å². The lowest BCUT2D eigenvalue weighted by Gasteiger charge is -2.29.